The molecule has 0 aliphatic carbocycles. The highest BCUT2D eigenvalue weighted by molar-refractivity contribution is 8.01. The van der Waals surface area contributed by atoms with E-state index in [4.69, 9.17) is 14.6 Å². The van der Waals surface area contributed by atoms with Crippen LogP contribution in [0.1, 0.15) is 12.5 Å². The van der Waals surface area contributed by atoms with Crippen LogP contribution in [0, 0.1) is 0 Å². The Morgan fingerprint density at radius 2 is 1.91 bits per heavy atom. The molecule has 0 saturated heterocycles. The molecule has 174 valence electrons. The predicted octanol–water partition coefficient (Wildman–Crippen LogP) is 5.17. The molecule has 1 amide bonds. The van der Waals surface area contributed by atoms with Crippen molar-refractivity contribution in [3.8, 4) is 28.4 Å². The third-order valence-electron chi connectivity index (χ3n) is 4.74. The Morgan fingerprint density at radius 3 is 2.65 bits per heavy atom. The number of methoxy groups -OCH3 is 2. The molecule has 0 bridgehead atoms. The molecule has 2 aromatic carbocycles. The van der Waals surface area contributed by atoms with Crippen molar-refractivity contribution < 1.29 is 14.3 Å². The Bertz CT molecular complexity index is 1300. The average molecular weight is 494 g/mol. The summed E-state index contributed by atoms with van der Waals surface area (Å²) in [6, 6.07) is 15.4. The maximum Gasteiger partial charge on any atom is 0.250 e. The molecular formula is C24H23N5O3S2. The van der Waals surface area contributed by atoms with E-state index in [-0.39, 0.29) is 5.91 Å². The number of nitrogens with zero attached hydrogens (tertiary/aromatic N) is 4. The van der Waals surface area contributed by atoms with E-state index in [1.165, 1.54) is 17.4 Å². The van der Waals surface area contributed by atoms with E-state index in [2.05, 4.69) is 15.5 Å². The van der Waals surface area contributed by atoms with Crippen molar-refractivity contribution in [2.24, 2.45) is 0 Å². The zero-order chi connectivity index (χ0) is 23.9. The molecule has 10 heteroatoms. The summed E-state index contributed by atoms with van der Waals surface area (Å²) >= 11 is 2.93. The molecule has 0 aliphatic rings. The van der Waals surface area contributed by atoms with Crippen molar-refractivity contribution in [2.75, 3.05) is 25.3 Å². The molecular weight excluding hydrogens is 470 g/mol. The molecule has 34 heavy (non-hydrogen) atoms. The smallest absolute Gasteiger partial charge is 0.250 e. The van der Waals surface area contributed by atoms with Crippen LogP contribution in [0.2, 0.25) is 0 Å². The lowest BCUT2D eigenvalue weighted by atomic mass is 10.1. The molecule has 8 nitrogen and oxygen atoms in total. The SMILES string of the molecule is CCSc1nnc(NC(=O)C=Cc2cn(-c3ccccc3)nc2-c2ccc(OC)c(OC)c2)s1. The fraction of sp³-hybridized carbons (Fsp3) is 0.167. The number of thioether (sulfide) groups is 1. The summed E-state index contributed by atoms with van der Waals surface area (Å²) in [7, 11) is 3.18. The number of carbonyl (C=O) groups is 1. The molecule has 0 aliphatic heterocycles. The highest BCUT2D eigenvalue weighted by Crippen LogP contribution is 2.34. The standard InChI is InChI=1S/C24H23N5O3S2/c1-4-33-24-27-26-23(34-24)25-21(30)13-11-17-15-29(18-8-6-5-7-9-18)28-22(17)16-10-12-19(31-2)20(14-16)32-3/h5-15H,4H2,1-3H3,(H,25,26,30). The highest BCUT2D eigenvalue weighted by Gasteiger charge is 2.14. The van der Waals surface area contributed by atoms with Gasteiger partial charge in [-0.15, -0.1) is 10.2 Å². The van der Waals surface area contributed by atoms with E-state index < -0.39 is 0 Å². The van der Waals surface area contributed by atoms with E-state index in [9.17, 15) is 4.79 Å². The monoisotopic (exact) mass is 493 g/mol. The molecule has 0 saturated carbocycles. The minimum absolute atomic E-state index is 0.296. The summed E-state index contributed by atoms with van der Waals surface area (Å²) in [5, 5.41) is 16.1. The van der Waals surface area contributed by atoms with Gasteiger partial charge in [0.1, 0.15) is 5.69 Å². The zero-order valence-corrected chi connectivity index (χ0v) is 20.5. The summed E-state index contributed by atoms with van der Waals surface area (Å²) in [5.41, 5.74) is 3.21. The third-order valence-corrected chi connectivity index (χ3v) is 6.59. The van der Waals surface area contributed by atoms with E-state index in [1.807, 2.05) is 61.7 Å². The van der Waals surface area contributed by atoms with Gasteiger partial charge >= 0.3 is 0 Å². The average Bonchev–Trinajstić information content (AvgIpc) is 3.50. The van der Waals surface area contributed by atoms with E-state index in [0.717, 1.165) is 26.9 Å². The first-order valence-electron chi connectivity index (χ1n) is 10.4. The lowest BCUT2D eigenvalue weighted by Gasteiger charge is -2.09. The lowest BCUT2D eigenvalue weighted by Crippen LogP contribution is -2.07. The van der Waals surface area contributed by atoms with Gasteiger partial charge < -0.3 is 9.47 Å². The first-order valence-corrected chi connectivity index (χ1v) is 12.2. The van der Waals surface area contributed by atoms with Crippen LogP contribution in [0.15, 0.2) is 65.1 Å². The fourth-order valence-corrected chi connectivity index (χ4v) is 4.84. The maximum atomic E-state index is 12.5. The van der Waals surface area contributed by atoms with Crippen LogP contribution in [0.3, 0.4) is 0 Å². The van der Waals surface area contributed by atoms with E-state index in [1.54, 1.807) is 36.7 Å². The normalized spacial score (nSPS) is 11.0. The number of aromatic nitrogens is 4. The van der Waals surface area contributed by atoms with Crippen molar-refractivity contribution in [3.63, 3.8) is 0 Å². The van der Waals surface area contributed by atoms with Gasteiger partial charge in [-0.05, 0) is 42.2 Å². The van der Waals surface area contributed by atoms with Crippen molar-refractivity contribution in [1.29, 1.82) is 0 Å². The number of carbonyl (C=O) groups excluding carboxylic acids is 1. The summed E-state index contributed by atoms with van der Waals surface area (Å²) in [6.45, 7) is 2.04. The number of anilines is 1. The van der Waals surface area contributed by atoms with Crippen LogP contribution < -0.4 is 14.8 Å². The van der Waals surface area contributed by atoms with Gasteiger partial charge in [-0.3, -0.25) is 10.1 Å². The molecule has 4 aromatic rings. The maximum absolute atomic E-state index is 12.5. The molecule has 1 N–H and O–H groups in total. The molecule has 0 spiro atoms. The number of rotatable bonds is 9. The molecule has 2 aromatic heterocycles. The quantitative estimate of drug-likeness (QED) is 0.195. The number of ether oxygens (including phenoxy) is 2. The fourth-order valence-electron chi connectivity index (χ4n) is 3.18. The van der Waals surface area contributed by atoms with Gasteiger partial charge in [-0.25, -0.2) is 4.68 Å². The molecule has 4 rings (SSSR count). The largest absolute Gasteiger partial charge is 0.493 e. The van der Waals surface area contributed by atoms with E-state index in [0.29, 0.717) is 22.3 Å². The number of para-hydroxylation sites is 1. The Labute approximate surface area is 205 Å². The summed E-state index contributed by atoms with van der Waals surface area (Å²) < 4.78 is 13.4. The first kappa shape index (κ1) is 23.5. The van der Waals surface area contributed by atoms with Gasteiger partial charge in [-0.2, -0.15) is 5.10 Å². The first-order chi connectivity index (χ1) is 16.6. The number of hydrogen-bond donors (Lipinski definition) is 1. The second-order valence-corrected chi connectivity index (χ2v) is 9.40. The van der Waals surface area contributed by atoms with Gasteiger partial charge in [-0.1, -0.05) is 48.2 Å². The van der Waals surface area contributed by atoms with Gasteiger partial charge in [0.05, 0.1) is 19.9 Å². The lowest BCUT2D eigenvalue weighted by molar-refractivity contribution is -0.111. The predicted molar refractivity (Wildman–Crippen MR) is 136 cm³/mol. The van der Waals surface area contributed by atoms with Gasteiger partial charge in [0.2, 0.25) is 11.0 Å². The van der Waals surface area contributed by atoms with Crippen LogP contribution in [0.5, 0.6) is 11.5 Å². The second kappa shape index (κ2) is 11.0. The van der Waals surface area contributed by atoms with Gasteiger partial charge in [0, 0.05) is 23.4 Å². The Morgan fingerprint density at radius 1 is 1.12 bits per heavy atom. The highest BCUT2D eigenvalue weighted by atomic mass is 32.2. The second-order valence-electron chi connectivity index (χ2n) is 6.91. The number of nitrogens with one attached hydrogen (secondary N) is 1. The van der Waals surface area contributed by atoms with Crippen molar-refractivity contribution in [1.82, 2.24) is 20.0 Å². The van der Waals surface area contributed by atoms with Crippen LogP contribution in [-0.2, 0) is 4.79 Å². The zero-order valence-electron chi connectivity index (χ0n) is 18.9. The van der Waals surface area contributed by atoms with Crippen molar-refractivity contribution in [3.05, 3.63) is 66.4 Å². The minimum atomic E-state index is -0.296. The Kier molecular flexibility index (Phi) is 7.61. The van der Waals surface area contributed by atoms with Crippen LogP contribution in [0.25, 0.3) is 23.0 Å². The molecule has 0 unspecified atom stereocenters. The van der Waals surface area contributed by atoms with Gasteiger partial charge in [0.15, 0.2) is 15.8 Å². The van der Waals surface area contributed by atoms with Crippen LogP contribution in [-0.4, -0.2) is 45.9 Å². The number of benzene rings is 2. The Hall–Kier alpha value is -3.63. The topological polar surface area (TPSA) is 91.2 Å². The molecule has 0 atom stereocenters. The molecule has 0 radical (unpaired) electrons. The van der Waals surface area contributed by atoms with Crippen molar-refractivity contribution in [2.45, 2.75) is 11.3 Å². The summed E-state index contributed by atoms with van der Waals surface area (Å²) in [5.74, 6) is 1.82. The third kappa shape index (κ3) is 5.46. The van der Waals surface area contributed by atoms with E-state index >= 15 is 0 Å². The number of amides is 1. The van der Waals surface area contributed by atoms with Crippen LogP contribution >= 0.6 is 23.1 Å². The molecule has 2 heterocycles. The summed E-state index contributed by atoms with van der Waals surface area (Å²) in [4.78, 5) is 12.5. The Balaban J connectivity index is 1.65. The molecule has 0 fully saturated rings. The minimum Gasteiger partial charge on any atom is -0.493 e. The van der Waals surface area contributed by atoms with Crippen LogP contribution in [0.4, 0.5) is 5.13 Å². The van der Waals surface area contributed by atoms with Gasteiger partial charge in [0.25, 0.3) is 0 Å². The number of hydrogen-bond acceptors (Lipinski definition) is 8. The van der Waals surface area contributed by atoms with Crippen molar-refractivity contribution >= 4 is 40.2 Å². The summed E-state index contributed by atoms with van der Waals surface area (Å²) in [6.07, 6.45) is 5.08.